The van der Waals surface area contributed by atoms with Crippen LogP contribution in [0.3, 0.4) is 0 Å². The number of thioether (sulfide) groups is 1. The first kappa shape index (κ1) is 26.5. The molecule has 6 heteroatoms. The molecule has 0 heterocycles. The average Bonchev–Trinajstić information content (AvgIpc) is 2.87. The van der Waals surface area contributed by atoms with Crippen LogP contribution in [-0.4, -0.2) is 35.1 Å². The van der Waals surface area contributed by atoms with Crippen molar-refractivity contribution >= 4 is 23.6 Å². The molecule has 1 unspecified atom stereocenters. The highest BCUT2D eigenvalue weighted by atomic mass is 32.2. The molecular formula is C29H33FN2O2S. The van der Waals surface area contributed by atoms with Gasteiger partial charge in [0.05, 0.1) is 5.75 Å². The molecule has 0 radical (unpaired) electrons. The second-order valence-corrected chi connectivity index (χ2v) is 9.61. The number of nitrogens with zero attached hydrogens (tertiary/aromatic N) is 1. The van der Waals surface area contributed by atoms with Gasteiger partial charge in [-0.05, 0) is 42.2 Å². The predicted molar refractivity (Wildman–Crippen MR) is 142 cm³/mol. The molecule has 4 nitrogen and oxygen atoms in total. The third-order valence-electron chi connectivity index (χ3n) is 5.70. The quantitative estimate of drug-likeness (QED) is 0.362. The molecule has 0 aromatic heterocycles. The summed E-state index contributed by atoms with van der Waals surface area (Å²) in [6.07, 6.45) is 1.26. The van der Waals surface area contributed by atoms with Gasteiger partial charge in [-0.15, -0.1) is 11.8 Å². The Bertz CT molecular complexity index is 1070. The van der Waals surface area contributed by atoms with Crippen molar-refractivity contribution in [2.45, 2.75) is 45.0 Å². The normalized spacial score (nSPS) is 11.6. The monoisotopic (exact) mass is 492 g/mol. The molecule has 3 aromatic carbocycles. The van der Waals surface area contributed by atoms with Crippen molar-refractivity contribution in [2.75, 3.05) is 12.3 Å². The minimum atomic E-state index is -0.621. The Hall–Kier alpha value is -3.12. The van der Waals surface area contributed by atoms with Gasteiger partial charge in [0.15, 0.2) is 0 Å². The third-order valence-corrected chi connectivity index (χ3v) is 6.69. The summed E-state index contributed by atoms with van der Waals surface area (Å²) in [6.45, 7) is 4.95. The van der Waals surface area contributed by atoms with Gasteiger partial charge in [0.2, 0.25) is 11.8 Å². The molecule has 35 heavy (non-hydrogen) atoms. The Morgan fingerprint density at radius 3 is 2.23 bits per heavy atom. The van der Waals surface area contributed by atoms with E-state index in [0.717, 1.165) is 28.7 Å². The van der Waals surface area contributed by atoms with E-state index < -0.39 is 6.04 Å². The summed E-state index contributed by atoms with van der Waals surface area (Å²) in [5, 5.41) is 3.00. The fourth-order valence-corrected chi connectivity index (χ4v) is 4.60. The van der Waals surface area contributed by atoms with Crippen LogP contribution in [0.2, 0.25) is 0 Å². The Labute approximate surface area is 211 Å². The molecule has 184 valence electrons. The maximum absolute atomic E-state index is 13.5. The molecule has 0 aliphatic heterocycles. The second-order valence-electron chi connectivity index (χ2n) is 8.62. The molecule has 0 saturated heterocycles. The molecule has 2 amide bonds. The summed E-state index contributed by atoms with van der Waals surface area (Å²) >= 11 is 1.47. The van der Waals surface area contributed by atoms with Crippen molar-refractivity contribution in [3.05, 3.63) is 107 Å². The number of amides is 2. The van der Waals surface area contributed by atoms with E-state index >= 15 is 0 Å². The lowest BCUT2D eigenvalue weighted by atomic mass is 10.0. The summed E-state index contributed by atoms with van der Waals surface area (Å²) < 4.78 is 13.2. The summed E-state index contributed by atoms with van der Waals surface area (Å²) in [5.74, 6) is 0.316. The van der Waals surface area contributed by atoms with Crippen LogP contribution in [0, 0.1) is 12.7 Å². The first-order valence-corrected chi connectivity index (χ1v) is 13.1. The molecule has 3 rings (SSSR count). The van der Waals surface area contributed by atoms with Crippen molar-refractivity contribution in [3.63, 3.8) is 0 Å². The van der Waals surface area contributed by atoms with Crippen LogP contribution in [-0.2, 0) is 28.3 Å². The number of rotatable bonds is 12. The van der Waals surface area contributed by atoms with Gasteiger partial charge >= 0.3 is 0 Å². The first-order chi connectivity index (χ1) is 17.0. The molecule has 0 saturated carbocycles. The van der Waals surface area contributed by atoms with Crippen LogP contribution in [0.5, 0.6) is 0 Å². The Morgan fingerprint density at radius 2 is 1.57 bits per heavy atom. The molecule has 0 aliphatic rings. The van der Waals surface area contributed by atoms with Gasteiger partial charge in [-0.2, -0.15) is 0 Å². The number of halogens is 1. The summed E-state index contributed by atoms with van der Waals surface area (Å²) in [5.41, 5.74) is 4.08. The summed E-state index contributed by atoms with van der Waals surface area (Å²) in [6, 6.07) is 23.5. The van der Waals surface area contributed by atoms with Gasteiger partial charge in [-0.3, -0.25) is 9.59 Å². The fourth-order valence-electron chi connectivity index (χ4n) is 3.73. The SMILES string of the molecule is CCCNC(=O)C(Cc1ccccc1)N(Cc1ccc(C)cc1)C(=O)CSCc1ccc(F)cc1. The predicted octanol–water partition coefficient (Wildman–Crippen LogP) is 5.53. The highest BCUT2D eigenvalue weighted by Gasteiger charge is 2.30. The van der Waals surface area contributed by atoms with Crippen molar-refractivity contribution in [1.29, 1.82) is 0 Å². The number of benzene rings is 3. The molecular weight excluding hydrogens is 459 g/mol. The highest BCUT2D eigenvalue weighted by Crippen LogP contribution is 2.19. The third kappa shape index (κ3) is 8.55. The van der Waals surface area contributed by atoms with E-state index in [1.807, 2.05) is 68.4 Å². The second kappa shape index (κ2) is 13.7. The van der Waals surface area contributed by atoms with Crippen molar-refractivity contribution in [1.82, 2.24) is 10.2 Å². The van der Waals surface area contributed by atoms with Crippen LogP contribution >= 0.6 is 11.8 Å². The molecule has 0 spiro atoms. The van der Waals surface area contributed by atoms with E-state index in [9.17, 15) is 14.0 Å². The van der Waals surface area contributed by atoms with Crippen molar-refractivity contribution in [2.24, 2.45) is 0 Å². The van der Waals surface area contributed by atoms with E-state index in [4.69, 9.17) is 0 Å². The van der Waals surface area contributed by atoms with E-state index in [-0.39, 0.29) is 23.4 Å². The van der Waals surface area contributed by atoms with E-state index in [1.165, 1.54) is 23.9 Å². The van der Waals surface area contributed by atoms with Gasteiger partial charge in [0, 0.05) is 25.3 Å². The van der Waals surface area contributed by atoms with Crippen LogP contribution in [0.15, 0.2) is 78.9 Å². The van der Waals surface area contributed by atoms with Crippen molar-refractivity contribution < 1.29 is 14.0 Å². The lowest BCUT2D eigenvalue weighted by Gasteiger charge is -2.31. The smallest absolute Gasteiger partial charge is 0.243 e. The molecule has 0 aliphatic carbocycles. The summed E-state index contributed by atoms with van der Waals surface area (Å²) in [7, 11) is 0. The Kier molecular flexibility index (Phi) is 10.4. The average molecular weight is 493 g/mol. The van der Waals surface area contributed by atoms with Gasteiger partial charge in [0.1, 0.15) is 11.9 Å². The lowest BCUT2D eigenvalue weighted by Crippen LogP contribution is -2.51. The molecule has 0 fully saturated rings. The zero-order chi connectivity index (χ0) is 25.0. The molecule has 3 aromatic rings. The van der Waals surface area contributed by atoms with Crippen LogP contribution in [0.25, 0.3) is 0 Å². The number of hydrogen-bond acceptors (Lipinski definition) is 3. The van der Waals surface area contributed by atoms with E-state index in [2.05, 4.69) is 5.32 Å². The molecule has 0 bridgehead atoms. The lowest BCUT2D eigenvalue weighted by molar-refractivity contribution is -0.139. The zero-order valence-electron chi connectivity index (χ0n) is 20.4. The number of carbonyl (C=O) groups is 2. The molecule has 1 N–H and O–H groups in total. The minimum absolute atomic E-state index is 0.0923. The number of hydrogen-bond donors (Lipinski definition) is 1. The van der Waals surface area contributed by atoms with E-state index in [1.54, 1.807) is 17.0 Å². The largest absolute Gasteiger partial charge is 0.354 e. The maximum Gasteiger partial charge on any atom is 0.243 e. The first-order valence-electron chi connectivity index (χ1n) is 11.9. The minimum Gasteiger partial charge on any atom is -0.354 e. The Balaban J connectivity index is 1.81. The van der Waals surface area contributed by atoms with Crippen LogP contribution in [0.1, 0.15) is 35.6 Å². The van der Waals surface area contributed by atoms with Crippen LogP contribution in [0.4, 0.5) is 4.39 Å². The van der Waals surface area contributed by atoms with Crippen LogP contribution < -0.4 is 5.32 Å². The van der Waals surface area contributed by atoms with Gasteiger partial charge in [0.25, 0.3) is 0 Å². The topological polar surface area (TPSA) is 49.4 Å². The standard InChI is InChI=1S/C29H33FN2O2S/c1-3-17-31-29(34)27(18-23-7-5-4-6-8-23)32(19-24-11-9-22(2)10-12-24)28(33)21-35-20-25-13-15-26(30)16-14-25/h4-16,27H,3,17-21H2,1-2H3,(H,31,34). The number of nitrogens with one attached hydrogen (secondary N) is 1. The van der Waals surface area contributed by atoms with Gasteiger partial charge in [-0.25, -0.2) is 4.39 Å². The summed E-state index contributed by atoms with van der Waals surface area (Å²) in [4.78, 5) is 28.5. The van der Waals surface area contributed by atoms with E-state index in [0.29, 0.717) is 25.3 Å². The fraction of sp³-hybridized carbons (Fsp3) is 0.310. The zero-order valence-corrected chi connectivity index (χ0v) is 21.2. The van der Waals surface area contributed by atoms with Gasteiger partial charge < -0.3 is 10.2 Å². The Morgan fingerprint density at radius 1 is 0.914 bits per heavy atom. The number of carbonyl (C=O) groups excluding carboxylic acids is 2. The number of aryl methyl sites for hydroxylation is 1. The van der Waals surface area contributed by atoms with Crippen molar-refractivity contribution in [3.8, 4) is 0 Å². The van der Waals surface area contributed by atoms with Gasteiger partial charge in [-0.1, -0.05) is 79.2 Å². The maximum atomic E-state index is 13.5. The highest BCUT2D eigenvalue weighted by molar-refractivity contribution is 7.99. The molecule has 1 atom stereocenters.